The van der Waals surface area contributed by atoms with Crippen LogP contribution in [-0.2, 0) is 28.9 Å². The largest absolute Gasteiger partial charge is 0.504 e. The standard InChI is InChI=1S/C28H22O5/c29-24-14-15-26(31)28-23(24)12-8-18-6-10-21(11-7-18)32-27-17-20(9-13-25(27)30)5-4-19-2-1-3-22(16-19)33-28/h1-3,6-7,9-11,13-17,30H,4-5,8,12H2. The molecule has 0 spiro atoms. The zero-order valence-corrected chi connectivity index (χ0v) is 17.9. The fraction of sp³-hybridized carbons (Fsp3) is 0.143. The lowest BCUT2D eigenvalue weighted by Crippen LogP contribution is -2.19. The normalized spacial score (nSPS) is 15.9. The summed E-state index contributed by atoms with van der Waals surface area (Å²) in [4.78, 5) is 25.2. The molecule has 1 aliphatic carbocycles. The molecule has 3 aromatic carbocycles. The van der Waals surface area contributed by atoms with Crippen molar-refractivity contribution in [2.75, 3.05) is 0 Å². The lowest BCUT2D eigenvalue weighted by Gasteiger charge is -2.17. The lowest BCUT2D eigenvalue weighted by atomic mass is 9.95. The first-order valence-corrected chi connectivity index (χ1v) is 10.9. The molecular formula is C28H22O5. The van der Waals surface area contributed by atoms with Crippen LogP contribution in [0.2, 0.25) is 0 Å². The van der Waals surface area contributed by atoms with Crippen molar-refractivity contribution in [3.63, 3.8) is 0 Å². The molecule has 0 aromatic heterocycles. The van der Waals surface area contributed by atoms with E-state index in [4.69, 9.17) is 9.47 Å². The minimum atomic E-state index is -0.301. The second-order valence-electron chi connectivity index (χ2n) is 8.17. The van der Waals surface area contributed by atoms with Crippen LogP contribution < -0.4 is 9.47 Å². The Morgan fingerprint density at radius 1 is 0.636 bits per heavy atom. The van der Waals surface area contributed by atoms with E-state index < -0.39 is 0 Å². The highest BCUT2D eigenvalue weighted by molar-refractivity contribution is 6.19. The Morgan fingerprint density at radius 3 is 2.15 bits per heavy atom. The van der Waals surface area contributed by atoms with Crippen molar-refractivity contribution < 1.29 is 24.2 Å². The van der Waals surface area contributed by atoms with E-state index in [9.17, 15) is 14.7 Å². The molecule has 33 heavy (non-hydrogen) atoms. The number of carbonyl (C=O) groups is 2. The summed E-state index contributed by atoms with van der Waals surface area (Å²) in [5.41, 5.74) is 3.43. The van der Waals surface area contributed by atoms with Gasteiger partial charge in [0.1, 0.15) is 11.5 Å². The number of ether oxygens (including phenoxy) is 2. The molecule has 2 heterocycles. The SMILES string of the molecule is O=C1C=CC(=O)C2=C1CCc1ccc(cc1)Oc1cc(ccc1O)CCc1cccc(c1)O2. The summed E-state index contributed by atoms with van der Waals surface area (Å²) >= 11 is 0. The van der Waals surface area contributed by atoms with Crippen LogP contribution in [0, 0.1) is 0 Å². The van der Waals surface area contributed by atoms with Crippen molar-refractivity contribution in [2.24, 2.45) is 0 Å². The maximum absolute atomic E-state index is 12.6. The minimum absolute atomic E-state index is 0.0839. The highest BCUT2D eigenvalue weighted by Gasteiger charge is 2.25. The van der Waals surface area contributed by atoms with Gasteiger partial charge < -0.3 is 14.6 Å². The Hall–Kier alpha value is -4.12. The third kappa shape index (κ3) is 4.58. The molecular weight excluding hydrogens is 416 g/mol. The number of carbonyl (C=O) groups excluding carboxylic acids is 2. The van der Waals surface area contributed by atoms with E-state index in [1.54, 1.807) is 12.1 Å². The number of phenols is 1. The van der Waals surface area contributed by atoms with Gasteiger partial charge in [0.25, 0.3) is 0 Å². The Kier molecular flexibility index (Phi) is 5.53. The molecule has 0 atom stereocenters. The summed E-state index contributed by atoms with van der Waals surface area (Å²) in [7, 11) is 0. The molecule has 5 nitrogen and oxygen atoms in total. The number of fused-ring (bicyclic) bond motifs is 4. The number of rotatable bonds is 0. The summed E-state index contributed by atoms with van der Waals surface area (Å²) in [6.07, 6.45) is 4.99. The van der Waals surface area contributed by atoms with E-state index in [2.05, 4.69) is 0 Å². The quantitative estimate of drug-likeness (QED) is 0.485. The molecule has 0 saturated heterocycles. The van der Waals surface area contributed by atoms with Crippen LogP contribution in [0.4, 0.5) is 0 Å². The summed E-state index contributed by atoms with van der Waals surface area (Å²) in [6.45, 7) is 0. The fourth-order valence-corrected chi connectivity index (χ4v) is 4.02. The molecule has 1 N–H and O–H groups in total. The topological polar surface area (TPSA) is 72.8 Å². The van der Waals surface area contributed by atoms with Gasteiger partial charge in [0, 0.05) is 5.57 Å². The molecule has 6 bridgehead atoms. The monoisotopic (exact) mass is 438 g/mol. The van der Waals surface area contributed by atoms with E-state index in [-0.39, 0.29) is 23.1 Å². The van der Waals surface area contributed by atoms with Gasteiger partial charge >= 0.3 is 0 Å². The van der Waals surface area contributed by atoms with Crippen LogP contribution in [0.25, 0.3) is 0 Å². The van der Waals surface area contributed by atoms with Crippen molar-refractivity contribution in [1.29, 1.82) is 0 Å². The number of allylic oxidation sites excluding steroid dienone is 3. The first-order chi connectivity index (χ1) is 16.0. The highest BCUT2D eigenvalue weighted by Crippen LogP contribution is 2.33. The molecule has 3 aliphatic rings. The number of benzene rings is 3. The molecule has 2 aliphatic heterocycles. The molecule has 3 aromatic rings. The summed E-state index contributed by atoms with van der Waals surface area (Å²) in [5.74, 6) is 1.22. The maximum Gasteiger partial charge on any atom is 0.221 e. The summed E-state index contributed by atoms with van der Waals surface area (Å²) in [6, 6.07) is 20.4. The zero-order chi connectivity index (χ0) is 22.8. The van der Waals surface area contributed by atoms with Gasteiger partial charge in [0.15, 0.2) is 23.0 Å². The number of hydrogen-bond donors (Lipinski definition) is 1. The summed E-state index contributed by atoms with van der Waals surface area (Å²) < 4.78 is 11.9. The second-order valence-corrected chi connectivity index (χ2v) is 8.17. The van der Waals surface area contributed by atoms with E-state index in [0.29, 0.717) is 35.7 Å². The van der Waals surface area contributed by atoms with Crippen LogP contribution in [0.1, 0.15) is 23.1 Å². The minimum Gasteiger partial charge on any atom is -0.504 e. The summed E-state index contributed by atoms with van der Waals surface area (Å²) in [5, 5.41) is 10.2. The zero-order valence-electron chi connectivity index (χ0n) is 17.9. The van der Waals surface area contributed by atoms with E-state index in [1.165, 1.54) is 12.2 Å². The van der Waals surface area contributed by atoms with Gasteiger partial charge in [-0.15, -0.1) is 0 Å². The molecule has 6 rings (SSSR count). The van der Waals surface area contributed by atoms with Gasteiger partial charge in [-0.2, -0.15) is 0 Å². The van der Waals surface area contributed by atoms with Crippen molar-refractivity contribution in [2.45, 2.75) is 25.7 Å². The predicted molar refractivity (Wildman–Crippen MR) is 124 cm³/mol. The van der Waals surface area contributed by atoms with Gasteiger partial charge in [0.05, 0.1) is 0 Å². The number of phenolic OH excluding ortho intramolecular Hbond substituents is 1. The first-order valence-electron chi connectivity index (χ1n) is 10.9. The molecule has 0 amide bonds. The number of ketones is 2. The molecule has 5 heteroatoms. The third-order valence-corrected chi connectivity index (χ3v) is 5.84. The second kappa shape index (κ2) is 8.79. The third-order valence-electron chi connectivity index (χ3n) is 5.84. The van der Waals surface area contributed by atoms with Gasteiger partial charge in [-0.05, 0) is 90.9 Å². The average molecular weight is 438 g/mol. The first kappa shape index (κ1) is 20.8. The smallest absolute Gasteiger partial charge is 0.221 e. The van der Waals surface area contributed by atoms with E-state index >= 15 is 0 Å². The van der Waals surface area contributed by atoms with Gasteiger partial charge in [0.2, 0.25) is 5.78 Å². The molecule has 0 radical (unpaired) electrons. The van der Waals surface area contributed by atoms with Crippen molar-refractivity contribution in [1.82, 2.24) is 0 Å². The Balaban J connectivity index is 1.55. The molecule has 0 unspecified atom stereocenters. The number of aryl methyl sites for hydroxylation is 3. The van der Waals surface area contributed by atoms with Crippen molar-refractivity contribution in [3.05, 3.63) is 107 Å². The average Bonchev–Trinajstić information content (AvgIpc) is 2.82. The Bertz CT molecular complexity index is 1300. The molecule has 0 saturated carbocycles. The molecule has 0 fully saturated rings. The highest BCUT2D eigenvalue weighted by atomic mass is 16.5. The van der Waals surface area contributed by atoms with Gasteiger partial charge in [-0.25, -0.2) is 0 Å². The van der Waals surface area contributed by atoms with Gasteiger partial charge in [-0.3, -0.25) is 9.59 Å². The van der Waals surface area contributed by atoms with Crippen LogP contribution >= 0.6 is 0 Å². The van der Waals surface area contributed by atoms with Crippen LogP contribution in [-0.4, -0.2) is 16.7 Å². The van der Waals surface area contributed by atoms with E-state index in [1.807, 2.05) is 54.6 Å². The lowest BCUT2D eigenvalue weighted by molar-refractivity contribution is -0.116. The van der Waals surface area contributed by atoms with Crippen LogP contribution in [0.15, 0.2) is 90.2 Å². The fourth-order valence-electron chi connectivity index (χ4n) is 4.02. The molecule has 164 valence electrons. The Morgan fingerprint density at radius 2 is 1.33 bits per heavy atom. The van der Waals surface area contributed by atoms with Crippen LogP contribution in [0.3, 0.4) is 0 Å². The van der Waals surface area contributed by atoms with Crippen LogP contribution in [0.5, 0.6) is 23.0 Å². The van der Waals surface area contributed by atoms with Gasteiger partial charge in [-0.1, -0.05) is 30.3 Å². The van der Waals surface area contributed by atoms with E-state index in [0.717, 1.165) is 29.5 Å². The number of aromatic hydroxyl groups is 1. The van der Waals surface area contributed by atoms with Crippen molar-refractivity contribution >= 4 is 11.6 Å². The van der Waals surface area contributed by atoms with Crippen molar-refractivity contribution in [3.8, 4) is 23.0 Å². The number of hydrogen-bond acceptors (Lipinski definition) is 5. The Labute approximate surface area is 191 Å². The maximum atomic E-state index is 12.6. The predicted octanol–water partition coefficient (Wildman–Crippen LogP) is 5.26.